The predicted molar refractivity (Wildman–Crippen MR) is 213 cm³/mol. The van der Waals surface area contributed by atoms with Gasteiger partial charge in [-0.1, -0.05) is 110 Å². The maximum Gasteiger partial charge on any atom is 0.0640 e. The summed E-state index contributed by atoms with van der Waals surface area (Å²) in [6.45, 7) is 0. The molecule has 0 radical (unpaired) electrons. The SMILES string of the molecule is c1ccc2c(c1)-c1ccc(-n3c4ccccc4c4c5c6ccccc6n(-c6cccc7c6sc6ccccc67)c5ccc43)cc1C21CCCC1. The van der Waals surface area contributed by atoms with Gasteiger partial charge in [-0.05, 0) is 83.6 Å². The van der Waals surface area contributed by atoms with Gasteiger partial charge in [0.15, 0.2) is 0 Å². The molecular weight excluding hydrogens is 625 g/mol. The van der Waals surface area contributed by atoms with Gasteiger partial charge in [0, 0.05) is 48.1 Å². The van der Waals surface area contributed by atoms with Gasteiger partial charge in [-0.15, -0.1) is 11.3 Å². The molecule has 0 unspecified atom stereocenters. The van der Waals surface area contributed by atoms with Gasteiger partial charge in [-0.2, -0.15) is 0 Å². The summed E-state index contributed by atoms with van der Waals surface area (Å²) in [5.74, 6) is 0. The Morgan fingerprint density at radius 2 is 1.08 bits per heavy atom. The molecule has 1 saturated carbocycles. The zero-order valence-electron chi connectivity index (χ0n) is 27.5. The number of thiophene rings is 1. The molecule has 0 atom stereocenters. The molecule has 1 spiro atoms. The van der Waals surface area contributed by atoms with Crippen LogP contribution in [0, 0.1) is 0 Å². The van der Waals surface area contributed by atoms with Crippen LogP contribution in [0.5, 0.6) is 0 Å². The number of benzene rings is 7. The second kappa shape index (κ2) is 9.74. The fourth-order valence-electron chi connectivity index (χ4n) is 10.1. The number of nitrogens with zero attached hydrogens (tertiary/aromatic N) is 2. The van der Waals surface area contributed by atoms with Crippen molar-refractivity contribution in [3.8, 4) is 22.5 Å². The summed E-state index contributed by atoms with van der Waals surface area (Å²) >= 11 is 1.90. The number of rotatable bonds is 2. The largest absolute Gasteiger partial charge is 0.309 e. The molecule has 50 heavy (non-hydrogen) atoms. The zero-order chi connectivity index (χ0) is 32.6. The summed E-state index contributed by atoms with van der Waals surface area (Å²) in [5.41, 5.74) is 13.6. The normalized spacial score (nSPS) is 15.0. The van der Waals surface area contributed by atoms with Gasteiger partial charge in [0.25, 0.3) is 0 Å². The Balaban J connectivity index is 1.17. The summed E-state index contributed by atoms with van der Waals surface area (Å²) in [6.07, 6.45) is 5.07. The van der Waals surface area contributed by atoms with Gasteiger partial charge >= 0.3 is 0 Å². The van der Waals surface area contributed by atoms with Crippen molar-refractivity contribution in [2.45, 2.75) is 31.1 Å². The zero-order valence-corrected chi connectivity index (χ0v) is 28.3. The molecule has 2 aliphatic carbocycles. The Morgan fingerprint density at radius 1 is 0.460 bits per heavy atom. The summed E-state index contributed by atoms with van der Waals surface area (Å²) in [5, 5.41) is 7.91. The molecule has 2 nitrogen and oxygen atoms in total. The molecule has 236 valence electrons. The van der Waals surface area contributed by atoms with E-state index in [1.807, 2.05) is 11.3 Å². The monoisotopic (exact) mass is 656 g/mol. The van der Waals surface area contributed by atoms with Crippen LogP contribution in [0.4, 0.5) is 0 Å². The first-order valence-electron chi connectivity index (χ1n) is 17.9. The third-order valence-corrected chi connectivity index (χ3v) is 13.3. The van der Waals surface area contributed by atoms with Crippen LogP contribution in [0.15, 0.2) is 146 Å². The van der Waals surface area contributed by atoms with E-state index in [0.29, 0.717) is 0 Å². The third kappa shape index (κ3) is 3.34. The van der Waals surface area contributed by atoms with Crippen molar-refractivity contribution in [1.82, 2.24) is 9.13 Å². The van der Waals surface area contributed by atoms with Crippen molar-refractivity contribution in [3.63, 3.8) is 0 Å². The maximum atomic E-state index is 2.54. The summed E-state index contributed by atoms with van der Waals surface area (Å²) in [4.78, 5) is 0. The minimum absolute atomic E-state index is 0.134. The van der Waals surface area contributed by atoms with Crippen LogP contribution in [0.2, 0.25) is 0 Å². The quantitative estimate of drug-likeness (QED) is 0.175. The minimum Gasteiger partial charge on any atom is -0.309 e. The van der Waals surface area contributed by atoms with Crippen LogP contribution in [0.3, 0.4) is 0 Å². The Kier molecular flexibility index (Phi) is 5.30. The van der Waals surface area contributed by atoms with E-state index in [2.05, 4.69) is 155 Å². The van der Waals surface area contributed by atoms with E-state index in [4.69, 9.17) is 0 Å². The van der Waals surface area contributed by atoms with Crippen LogP contribution in [-0.4, -0.2) is 9.13 Å². The first-order valence-corrected chi connectivity index (χ1v) is 18.7. The van der Waals surface area contributed by atoms with E-state index in [9.17, 15) is 0 Å². The topological polar surface area (TPSA) is 9.86 Å². The van der Waals surface area contributed by atoms with E-state index >= 15 is 0 Å². The van der Waals surface area contributed by atoms with Gasteiger partial charge in [0.2, 0.25) is 0 Å². The van der Waals surface area contributed by atoms with Crippen molar-refractivity contribution in [1.29, 1.82) is 0 Å². The number of para-hydroxylation sites is 2. The fourth-order valence-corrected chi connectivity index (χ4v) is 11.3. The van der Waals surface area contributed by atoms with Crippen molar-refractivity contribution in [2.24, 2.45) is 0 Å². The highest BCUT2D eigenvalue weighted by Gasteiger charge is 2.45. The molecule has 0 N–H and O–H groups in total. The highest BCUT2D eigenvalue weighted by Crippen LogP contribution is 2.57. The van der Waals surface area contributed by atoms with Crippen molar-refractivity contribution in [3.05, 3.63) is 157 Å². The lowest BCUT2D eigenvalue weighted by atomic mass is 9.77. The molecule has 1 fully saturated rings. The molecular formula is C47H32N2S. The molecule has 7 aromatic carbocycles. The van der Waals surface area contributed by atoms with Gasteiger partial charge in [0.05, 0.1) is 32.5 Å². The highest BCUT2D eigenvalue weighted by molar-refractivity contribution is 7.26. The average Bonchev–Trinajstić information content (AvgIpc) is 3.99. The van der Waals surface area contributed by atoms with Crippen molar-refractivity contribution in [2.75, 3.05) is 0 Å². The van der Waals surface area contributed by atoms with Crippen molar-refractivity contribution < 1.29 is 0 Å². The van der Waals surface area contributed by atoms with Crippen LogP contribution in [0.25, 0.3) is 86.3 Å². The molecule has 3 heteroatoms. The number of aromatic nitrogens is 2. The number of fused-ring (bicyclic) bond motifs is 15. The number of hydrogen-bond donors (Lipinski definition) is 0. The van der Waals surface area contributed by atoms with E-state index in [0.717, 1.165) is 0 Å². The van der Waals surface area contributed by atoms with Gasteiger partial charge in [-0.3, -0.25) is 0 Å². The lowest BCUT2D eigenvalue weighted by Gasteiger charge is -2.27. The first kappa shape index (κ1) is 27.2. The van der Waals surface area contributed by atoms with Crippen LogP contribution in [-0.2, 0) is 5.41 Å². The lowest BCUT2D eigenvalue weighted by Crippen LogP contribution is -2.20. The Labute approximate surface area is 293 Å². The molecule has 0 amide bonds. The molecule has 2 aliphatic rings. The third-order valence-electron chi connectivity index (χ3n) is 12.1. The molecule has 10 aromatic rings. The van der Waals surface area contributed by atoms with Crippen LogP contribution < -0.4 is 0 Å². The molecule has 3 heterocycles. The Bertz CT molecular complexity index is 3050. The highest BCUT2D eigenvalue weighted by atomic mass is 32.1. The van der Waals surface area contributed by atoms with E-state index in [1.165, 1.54) is 123 Å². The standard InChI is InChI=1S/C47H32N2S/c1-5-17-36-30(12-1)31-23-22-29(28-37(31)47(36)26-9-10-27-47)48-38-18-6-2-14-34(38)44-40(48)24-25-41-45(44)35-15-3-7-19-39(35)49(41)42-20-11-16-33-32-13-4-8-21-43(32)50-46(33)42/h1-8,11-25,28H,9-10,26-27H2. The minimum atomic E-state index is 0.134. The van der Waals surface area contributed by atoms with Crippen molar-refractivity contribution >= 4 is 75.1 Å². The maximum absolute atomic E-state index is 2.54. The Hall–Kier alpha value is -5.64. The fraction of sp³-hybridized carbons (Fsp3) is 0.106. The van der Waals surface area contributed by atoms with Crippen LogP contribution in [0.1, 0.15) is 36.8 Å². The first-order chi connectivity index (χ1) is 24.8. The van der Waals surface area contributed by atoms with E-state index < -0.39 is 0 Å². The van der Waals surface area contributed by atoms with Gasteiger partial charge < -0.3 is 9.13 Å². The van der Waals surface area contributed by atoms with Gasteiger partial charge in [0.1, 0.15) is 0 Å². The molecule has 0 aliphatic heterocycles. The second-order valence-electron chi connectivity index (χ2n) is 14.4. The van der Waals surface area contributed by atoms with Gasteiger partial charge in [-0.25, -0.2) is 0 Å². The molecule has 12 rings (SSSR count). The smallest absolute Gasteiger partial charge is 0.0640 e. The number of hydrogen-bond acceptors (Lipinski definition) is 1. The second-order valence-corrected chi connectivity index (χ2v) is 15.4. The lowest BCUT2D eigenvalue weighted by molar-refractivity contribution is 0.549. The summed E-state index contributed by atoms with van der Waals surface area (Å²) in [7, 11) is 0. The predicted octanol–water partition coefficient (Wildman–Crippen LogP) is 13.1. The van der Waals surface area contributed by atoms with E-state index in [-0.39, 0.29) is 5.41 Å². The van der Waals surface area contributed by atoms with E-state index in [1.54, 1.807) is 0 Å². The summed E-state index contributed by atoms with van der Waals surface area (Å²) < 4.78 is 7.72. The molecule has 0 saturated heterocycles. The summed E-state index contributed by atoms with van der Waals surface area (Å²) in [6, 6.07) is 54.9. The average molecular weight is 657 g/mol. The Morgan fingerprint density at radius 3 is 1.88 bits per heavy atom. The molecule has 3 aromatic heterocycles. The van der Waals surface area contributed by atoms with Crippen LogP contribution >= 0.6 is 11.3 Å². The molecule has 0 bridgehead atoms.